The Kier molecular flexibility index (Phi) is 4.07. The van der Waals surface area contributed by atoms with Gasteiger partial charge in [0.25, 0.3) is 0 Å². The molecule has 1 aliphatic rings. The van der Waals surface area contributed by atoms with E-state index in [9.17, 15) is 9.90 Å². The fourth-order valence-electron chi connectivity index (χ4n) is 2.48. The fourth-order valence-corrected chi connectivity index (χ4v) is 2.48. The van der Waals surface area contributed by atoms with E-state index >= 15 is 0 Å². The van der Waals surface area contributed by atoms with Gasteiger partial charge in [0, 0.05) is 18.8 Å². The van der Waals surface area contributed by atoms with Gasteiger partial charge in [0.15, 0.2) is 0 Å². The molecule has 2 rings (SSSR count). The summed E-state index contributed by atoms with van der Waals surface area (Å²) < 4.78 is 0. The molecule has 0 radical (unpaired) electrons. The molecule has 0 saturated carbocycles. The Labute approximate surface area is 107 Å². The van der Waals surface area contributed by atoms with Gasteiger partial charge in [0.1, 0.15) is 0 Å². The molecule has 1 aromatic rings. The molecule has 3 N–H and O–H groups in total. The zero-order chi connectivity index (χ0) is 13.0. The fraction of sp³-hybridized carbons (Fsp3) is 0.500. The average Bonchev–Trinajstić information content (AvgIpc) is 2.27. The first-order chi connectivity index (χ1) is 8.68. The van der Waals surface area contributed by atoms with Gasteiger partial charge in [-0.1, -0.05) is 19.3 Å². The number of anilines is 2. The van der Waals surface area contributed by atoms with Crippen molar-refractivity contribution in [3.05, 3.63) is 23.8 Å². The maximum absolute atomic E-state index is 11.3. The van der Waals surface area contributed by atoms with Crippen LogP contribution < -0.4 is 10.6 Å². The second-order valence-electron chi connectivity index (χ2n) is 4.84. The molecule has 1 heterocycles. The number of hydrogen-bond acceptors (Lipinski definition) is 3. The Morgan fingerprint density at radius 2 is 1.72 bits per heavy atom. The number of aromatic carboxylic acids is 1. The van der Waals surface area contributed by atoms with Crippen LogP contribution in [0, 0.1) is 0 Å². The number of nitrogen functional groups attached to an aromatic ring is 1. The summed E-state index contributed by atoms with van der Waals surface area (Å²) in [6.07, 6.45) is 5.97. The molecule has 1 fully saturated rings. The number of carbonyl (C=O) groups is 1. The van der Waals surface area contributed by atoms with Crippen LogP contribution in [-0.4, -0.2) is 24.2 Å². The third-order valence-electron chi connectivity index (χ3n) is 3.45. The summed E-state index contributed by atoms with van der Waals surface area (Å²) in [4.78, 5) is 13.4. The molecule has 4 heteroatoms. The summed E-state index contributed by atoms with van der Waals surface area (Å²) >= 11 is 0. The van der Waals surface area contributed by atoms with Crippen molar-refractivity contribution in [3.8, 4) is 0 Å². The largest absolute Gasteiger partial charge is 0.478 e. The lowest BCUT2D eigenvalue weighted by atomic mass is 10.1. The van der Waals surface area contributed by atoms with Crippen molar-refractivity contribution in [1.29, 1.82) is 0 Å². The van der Waals surface area contributed by atoms with E-state index in [4.69, 9.17) is 5.73 Å². The molecule has 0 aliphatic carbocycles. The second-order valence-corrected chi connectivity index (χ2v) is 4.84. The maximum atomic E-state index is 11.3. The highest BCUT2D eigenvalue weighted by Gasteiger charge is 2.17. The SMILES string of the molecule is Nc1ccc(C(=O)O)c(N2CCCCCCC2)c1. The minimum Gasteiger partial charge on any atom is -0.478 e. The van der Waals surface area contributed by atoms with E-state index in [1.165, 1.54) is 19.3 Å². The molecule has 98 valence electrons. The lowest BCUT2D eigenvalue weighted by Gasteiger charge is -2.28. The number of benzene rings is 1. The number of carboxylic acid groups (broad SMARTS) is 1. The molecule has 0 amide bonds. The van der Waals surface area contributed by atoms with Crippen LogP contribution >= 0.6 is 0 Å². The monoisotopic (exact) mass is 248 g/mol. The molecule has 0 unspecified atom stereocenters. The molecule has 1 saturated heterocycles. The summed E-state index contributed by atoms with van der Waals surface area (Å²) in [6.45, 7) is 1.84. The third kappa shape index (κ3) is 2.94. The standard InChI is InChI=1S/C14H20N2O2/c15-11-6-7-12(14(17)18)13(10-11)16-8-4-2-1-3-5-9-16/h6-7,10H,1-5,8-9,15H2,(H,17,18). The summed E-state index contributed by atoms with van der Waals surface area (Å²) in [5.41, 5.74) is 7.53. The summed E-state index contributed by atoms with van der Waals surface area (Å²) in [5.74, 6) is -0.882. The van der Waals surface area contributed by atoms with E-state index in [1.54, 1.807) is 18.2 Å². The van der Waals surface area contributed by atoms with Gasteiger partial charge in [-0.05, 0) is 31.0 Å². The van der Waals surface area contributed by atoms with E-state index in [-0.39, 0.29) is 0 Å². The minimum absolute atomic E-state index is 0.352. The highest BCUT2D eigenvalue weighted by atomic mass is 16.4. The summed E-state index contributed by atoms with van der Waals surface area (Å²) in [5, 5.41) is 9.25. The molecule has 0 atom stereocenters. The topological polar surface area (TPSA) is 66.6 Å². The lowest BCUT2D eigenvalue weighted by Crippen LogP contribution is -2.28. The van der Waals surface area contributed by atoms with E-state index in [0.717, 1.165) is 31.6 Å². The number of nitrogens with two attached hydrogens (primary N) is 1. The Hall–Kier alpha value is -1.71. The van der Waals surface area contributed by atoms with Crippen molar-refractivity contribution in [3.63, 3.8) is 0 Å². The highest BCUT2D eigenvalue weighted by molar-refractivity contribution is 5.95. The van der Waals surface area contributed by atoms with Crippen molar-refractivity contribution < 1.29 is 9.90 Å². The Morgan fingerprint density at radius 1 is 1.11 bits per heavy atom. The number of carboxylic acids is 1. The van der Waals surface area contributed by atoms with Crippen LogP contribution in [0.15, 0.2) is 18.2 Å². The smallest absolute Gasteiger partial charge is 0.337 e. The summed E-state index contributed by atoms with van der Waals surface area (Å²) in [6, 6.07) is 5.04. The first-order valence-corrected chi connectivity index (χ1v) is 6.56. The van der Waals surface area contributed by atoms with Crippen LogP contribution in [0.1, 0.15) is 42.5 Å². The van der Waals surface area contributed by atoms with E-state index in [1.807, 2.05) is 0 Å². The van der Waals surface area contributed by atoms with Gasteiger partial charge < -0.3 is 15.7 Å². The molecule has 18 heavy (non-hydrogen) atoms. The van der Waals surface area contributed by atoms with E-state index in [2.05, 4.69) is 4.90 Å². The Morgan fingerprint density at radius 3 is 2.33 bits per heavy atom. The van der Waals surface area contributed by atoms with Crippen molar-refractivity contribution in [1.82, 2.24) is 0 Å². The van der Waals surface area contributed by atoms with Crippen LogP contribution in [0.2, 0.25) is 0 Å². The predicted molar refractivity (Wildman–Crippen MR) is 73.1 cm³/mol. The van der Waals surface area contributed by atoms with Crippen molar-refractivity contribution >= 4 is 17.3 Å². The first kappa shape index (κ1) is 12.7. The van der Waals surface area contributed by atoms with Gasteiger partial charge in [-0.15, -0.1) is 0 Å². The predicted octanol–water partition coefficient (Wildman–Crippen LogP) is 2.74. The Balaban J connectivity index is 2.28. The molecular formula is C14H20N2O2. The number of nitrogens with zero attached hydrogens (tertiary/aromatic N) is 1. The zero-order valence-electron chi connectivity index (χ0n) is 10.6. The lowest BCUT2D eigenvalue weighted by molar-refractivity contribution is 0.0697. The first-order valence-electron chi connectivity index (χ1n) is 6.56. The van der Waals surface area contributed by atoms with Gasteiger partial charge in [0.2, 0.25) is 0 Å². The van der Waals surface area contributed by atoms with Gasteiger partial charge in [-0.25, -0.2) is 4.79 Å². The molecule has 1 aromatic carbocycles. The second kappa shape index (κ2) is 5.76. The van der Waals surface area contributed by atoms with Crippen LogP contribution in [0.25, 0.3) is 0 Å². The van der Waals surface area contributed by atoms with E-state index < -0.39 is 5.97 Å². The maximum Gasteiger partial charge on any atom is 0.337 e. The number of rotatable bonds is 2. The van der Waals surface area contributed by atoms with Gasteiger partial charge in [-0.3, -0.25) is 0 Å². The quantitative estimate of drug-likeness (QED) is 0.790. The average molecular weight is 248 g/mol. The molecule has 1 aliphatic heterocycles. The number of hydrogen-bond donors (Lipinski definition) is 2. The van der Waals surface area contributed by atoms with Gasteiger partial charge in [-0.2, -0.15) is 0 Å². The molecule has 0 aromatic heterocycles. The van der Waals surface area contributed by atoms with Crippen LogP contribution in [0.3, 0.4) is 0 Å². The summed E-state index contributed by atoms with van der Waals surface area (Å²) in [7, 11) is 0. The van der Waals surface area contributed by atoms with Crippen LogP contribution in [0.4, 0.5) is 11.4 Å². The molecule has 0 spiro atoms. The zero-order valence-corrected chi connectivity index (χ0v) is 10.6. The van der Waals surface area contributed by atoms with Gasteiger partial charge >= 0.3 is 5.97 Å². The minimum atomic E-state index is -0.882. The van der Waals surface area contributed by atoms with Crippen molar-refractivity contribution in [2.75, 3.05) is 23.7 Å². The van der Waals surface area contributed by atoms with Gasteiger partial charge in [0.05, 0.1) is 11.3 Å². The Bertz CT molecular complexity index is 424. The molecular weight excluding hydrogens is 228 g/mol. The van der Waals surface area contributed by atoms with Crippen molar-refractivity contribution in [2.45, 2.75) is 32.1 Å². The van der Waals surface area contributed by atoms with Crippen LogP contribution in [0.5, 0.6) is 0 Å². The molecule has 0 bridgehead atoms. The van der Waals surface area contributed by atoms with Crippen molar-refractivity contribution in [2.24, 2.45) is 0 Å². The third-order valence-corrected chi connectivity index (χ3v) is 3.45. The van der Waals surface area contributed by atoms with E-state index in [0.29, 0.717) is 11.3 Å². The molecule has 4 nitrogen and oxygen atoms in total. The highest BCUT2D eigenvalue weighted by Crippen LogP contribution is 2.26. The van der Waals surface area contributed by atoms with Crippen LogP contribution in [-0.2, 0) is 0 Å². The normalized spacial score (nSPS) is 17.0.